The summed E-state index contributed by atoms with van der Waals surface area (Å²) >= 11 is 5.56. The first-order chi connectivity index (χ1) is 8.18. The Hall–Kier alpha value is -0.860. The molecule has 0 amide bonds. The van der Waals surface area contributed by atoms with Gasteiger partial charge in [0.15, 0.2) is 0 Å². The van der Waals surface area contributed by atoms with Crippen LogP contribution in [0.25, 0.3) is 0 Å². The smallest absolute Gasteiger partial charge is 0.243 e. The third-order valence-corrected chi connectivity index (χ3v) is 4.62. The molecule has 0 radical (unpaired) electrons. The largest absolute Gasteiger partial charge is 0.407 e. The Balaban J connectivity index is 2.33. The molecular formula is C9H8ClF3N2O2S. The topological polar surface area (TPSA) is 59.1 Å². The van der Waals surface area contributed by atoms with Crippen molar-refractivity contribution in [3.05, 3.63) is 23.5 Å². The van der Waals surface area contributed by atoms with Crippen molar-refractivity contribution in [3.8, 4) is 0 Å². The summed E-state index contributed by atoms with van der Waals surface area (Å²) in [5.41, 5.74) is -2.36. The Morgan fingerprint density at radius 1 is 1.39 bits per heavy atom. The van der Waals surface area contributed by atoms with E-state index in [1.165, 1.54) is 12.3 Å². The normalized spacial score (nSPS) is 18.7. The molecule has 9 heteroatoms. The van der Waals surface area contributed by atoms with Crippen LogP contribution in [-0.4, -0.2) is 25.1 Å². The molecule has 1 saturated carbocycles. The lowest BCUT2D eigenvalue weighted by Crippen LogP contribution is -2.47. The van der Waals surface area contributed by atoms with Crippen LogP contribution < -0.4 is 4.72 Å². The predicted molar refractivity (Wildman–Crippen MR) is 57.6 cm³/mol. The lowest BCUT2D eigenvalue weighted by Gasteiger charge is -2.20. The van der Waals surface area contributed by atoms with Gasteiger partial charge in [-0.05, 0) is 25.0 Å². The van der Waals surface area contributed by atoms with Crippen LogP contribution in [0.15, 0.2) is 23.2 Å². The molecule has 100 valence electrons. The van der Waals surface area contributed by atoms with Crippen LogP contribution in [0.3, 0.4) is 0 Å². The molecule has 0 aromatic carbocycles. The highest BCUT2D eigenvalue weighted by Gasteiger charge is 2.65. The highest BCUT2D eigenvalue weighted by atomic mass is 35.5. The standard InChI is InChI=1S/C9H8ClF3N2O2S/c10-7-6(2-1-5-14-7)18(16,17)15-8(3-4-8)9(11,12)13/h1-2,5,15H,3-4H2. The van der Waals surface area contributed by atoms with Crippen molar-refractivity contribution in [2.75, 3.05) is 0 Å². The van der Waals surface area contributed by atoms with Gasteiger partial charge in [-0.1, -0.05) is 11.6 Å². The van der Waals surface area contributed by atoms with Gasteiger partial charge in [-0.15, -0.1) is 0 Å². The molecule has 1 aromatic rings. The summed E-state index contributed by atoms with van der Waals surface area (Å²) in [6.07, 6.45) is -3.91. The van der Waals surface area contributed by atoms with E-state index in [0.717, 1.165) is 6.07 Å². The summed E-state index contributed by atoms with van der Waals surface area (Å²) in [4.78, 5) is 3.07. The molecule has 0 saturated heterocycles. The summed E-state index contributed by atoms with van der Waals surface area (Å²) < 4.78 is 63.3. The van der Waals surface area contributed by atoms with Crippen molar-refractivity contribution < 1.29 is 21.6 Å². The molecule has 0 unspecified atom stereocenters. The van der Waals surface area contributed by atoms with E-state index >= 15 is 0 Å². The minimum absolute atomic E-state index is 0.270. The Morgan fingerprint density at radius 3 is 2.44 bits per heavy atom. The van der Waals surface area contributed by atoms with E-state index in [0.29, 0.717) is 0 Å². The number of halogens is 4. The van der Waals surface area contributed by atoms with E-state index in [9.17, 15) is 21.6 Å². The van der Waals surface area contributed by atoms with Crippen molar-refractivity contribution >= 4 is 21.6 Å². The Kier molecular flexibility index (Phi) is 3.07. The number of hydrogen-bond acceptors (Lipinski definition) is 3. The Labute approximate surface area is 106 Å². The number of nitrogens with zero attached hydrogens (tertiary/aromatic N) is 1. The summed E-state index contributed by atoms with van der Waals surface area (Å²) in [5.74, 6) is 0. The van der Waals surface area contributed by atoms with Crippen molar-refractivity contribution in [1.29, 1.82) is 0 Å². The van der Waals surface area contributed by atoms with Gasteiger partial charge in [0.2, 0.25) is 10.0 Å². The molecule has 1 N–H and O–H groups in total. The fourth-order valence-electron chi connectivity index (χ4n) is 1.45. The fourth-order valence-corrected chi connectivity index (χ4v) is 3.35. The molecule has 0 spiro atoms. The molecule has 4 nitrogen and oxygen atoms in total. The van der Waals surface area contributed by atoms with E-state index in [4.69, 9.17) is 11.6 Å². The zero-order chi connectivity index (χ0) is 13.6. The van der Waals surface area contributed by atoms with Crippen LogP contribution in [0.1, 0.15) is 12.8 Å². The second-order valence-electron chi connectivity index (χ2n) is 3.98. The van der Waals surface area contributed by atoms with Crippen molar-refractivity contribution in [2.24, 2.45) is 0 Å². The maximum atomic E-state index is 12.7. The molecule has 1 fully saturated rings. The number of aromatic nitrogens is 1. The van der Waals surface area contributed by atoms with Crippen LogP contribution in [-0.2, 0) is 10.0 Å². The van der Waals surface area contributed by atoms with Crippen LogP contribution in [0, 0.1) is 0 Å². The maximum Gasteiger partial charge on any atom is 0.407 e. The average molecular weight is 301 g/mol. The molecule has 0 bridgehead atoms. The van der Waals surface area contributed by atoms with Gasteiger partial charge in [-0.3, -0.25) is 0 Å². The van der Waals surface area contributed by atoms with Crippen LogP contribution in [0.4, 0.5) is 13.2 Å². The molecule has 1 aliphatic carbocycles. The van der Waals surface area contributed by atoms with Gasteiger partial charge in [-0.2, -0.15) is 17.9 Å². The first-order valence-corrected chi connectivity index (χ1v) is 6.75. The summed E-state index contributed by atoms with van der Waals surface area (Å²) in [7, 11) is -4.33. The summed E-state index contributed by atoms with van der Waals surface area (Å²) in [5, 5.41) is -0.358. The molecule has 0 aliphatic heterocycles. The molecular weight excluding hydrogens is 293 g/mol. The second kappa shape index (κ2) is 4.07. The van der Waals surface area contributed by atoms with Crippen molar-refractivity contribution in [2.45, 2.75) is 29.5 Å². The molecule has 1 heterocycles. The minimum atomic E-state index is -4.62. The number of alkyl halides is 3. The highest BCUT2D eigenvalue weighted by molar-refractivity contribution is 7.89. The van der Waals surface area contributed by atoms with Gasteiger partial charge in [0.1, 0.15) is 15.6 Å². The van der Waals surface area contributed by atoms with Crippen LogP contribution >= 0.6 is 11.6 Å². The van der Waals surface area contributed by atoms with Crippen LogP contribution in [0.5, 0.6) is 0 Å². The minimum Gasteiger partial charge on any atom is -0.243 e. The fraction of sp³-hybridized carbons (Fsp3) is 0.444. The van der Waals surface area contributed by atoms with E-state index in [1.54, 1.807) is 4.72 Å². The average Bonchev–Trinajstić information content (AvgIpc) is 2.97. The summed E-state index contributed by atoms with van der Waals surface area (Å²) in [6.45, 7) is 0. The third kappa shape index (κ3) is 2.32. The Morgan fingerprint density at radius 2 is 2.00 bits per heavy atom. The zero-order valence-corrected chi connectivity index (χ0v) is 10.4. The van der Waals surface area contributed by atoms with Gasteiger partial charge >= 0.3 is 6.18 Å². The number of sulfonamides is 1. The molecule has 1 aromatic heterocycles. The first-order valence-electron chi connectivity index (χ1n) is 4.89. The maximum absolute atomic E-state index is 12.7. The number of rotatable bonds is 3. The van der Waals surface area contributed by atoms with Crippen molar-refractivity contribution in [3.63, 3.8) is 0 Å². The molecule has 2 rings (SSSR count). The van der Waals surface area contributed by atoms with Gasteiger partial charge in [0.25, 0.3) is 0 Å². The van der Waals surface area contributed by atoms with Gasteiger partial charge in [-0.25, -0.2) is 13.4 Å². The number of pyridine rings is 1. The Bertz CT molecular complexity index is 569. The lowest BCUT2D eigenvalue weighted by atomic mass is 10.3. The molecule has 0 atom stereocenters. The quantitative estimate of drug-likeness (QED) is 0.870. The van der Waals surface area contributed by atoms with E-state index in [-0.39, 0.29) is 18.0 Å². The lowest BCUT2D eigenvalue weighted by molar-refractivity contribution is -0.160. The van der Waals surface area contributed by atoms with E-state index in [2.05, 4.69) is 4.98 Å². The summed E-state index contributed by atoms with van der Waals surface area (Å²) in [6, 6.07) is 2.39. The van der Waals surface area contributed by atoms with Gasteiger partial charge in [0.05, 0.1) is 0 Å². The number of nitrogens with one attached hydrogen (secondary N) is 1. The van der Waals surface area contributed by atoms with E-state index in [1.807, 2.05) is 0 Å². The monoisotopic (exact) mass is 300 g/mol. The second-order valence-corrected chi connectivity index (χ2v) is 5.99. The van der Waals surface area contributed by atoms with E-state index < -0.39 is 26.6 Å². The van der Waals surface area contributed by atoms with Crippen LogP contribution in [0.2, 0.25) is 5.15 Å². The molecule has 18 heavy (non-hydrogen) atoms. The SMILES string of the molecule is O=S(=O)(NC1(C(F)(F)F)CC1)c1cccnc1Cl. The predicted octanol–water partition coefficient (Wildman–Crippen LogP) is 2.11. The zero-order valence-electron chi connectivity index (χ0n) is 8.83. The van der Waals surface area contributed by atoms with Gasteiger partial charge < -0.3 is 0 Å². The third-order valence-electron chi connectivity index (χ3n) is 2.64. The number of hydrogen-bond donors (Lipinski definition) is 1. The highest BCUT2D eigenvalue weighted by Crippen LogP contribution is 2.49. The van der Waals surface area contributed by atoms with Crippen molar-refractivity contribution in [1.82, 2.24) is 9.71 Å². The van der Waals surface area contributed by atoms with Gasteiger partial charge in [0, 0.05) is 6.20 Å². The first kappa shape index (κ1) is 13.6. The molecule has 1 aliphatic rings.